The lowest BCUT2D eigenvalue weighted by molar-refractivity contribution is 0.324. The zero-order chi connectivity index (χ0) is 9.10. The average molecular weight is 177 g/mol. The Labute approximate surface area is 78.9 Å². The third-order valence-corrected chi connectivity index (χ3v) is 2.45. The van der Waals surface area contributed by atoms with Crippen molar-refractivity contribution in [2.24, 2.45) is 0 Å². The largest absolute Gasteiger partial charge is 0.492 e. The van der Waals surface area contributed by atoms with E-state index >= 15 is 0 Å². The fourth-order valence-corrected chi connectivity index (χ4v) is 1.77. The van der Waals surface area contributed by atoms with Crippen molar-refractivity contribution in [3.8, 4) is 5.75 Å². The number of ether oxygens (including phenoxy) is 1. The summed E-state index contributed by atoms with van der Waals surface area (Å²) in [7, 11) is 0. The maximum Gasteiger partial charge on any atom is 0.124 e. The SMILES string of the molecule is CCC1NCCOc2ccccc21. The van der Waals surface area contributed by atoms with Crippen molar-refractivity contribution < 1.29 is 4.74 Å². The molecule has 2 heteroatoms. The summed E-state index contributed by atoms with van der Waals surface area (Å²) in [6.07, 6.45) is 1.11. The van der Waals surface area contributed by atoms with E-state index in [0.717, 1.165) is 25.3 Å². The third-order valence-electron chi connectivity index (χ3n) is 2.45. The summed E-state index contributed by atoms with van der Waals surface area (Å²) in [5, 5.41) is 3.46. The van der Waals surface area contributed by atoms with E-state index in [2.05, 4.69) is 24.4 Å². The van der Waals surface area contributed by atoms with Gasteiger partial charge in [0.05, 0.1) is 0 Å². The van der Waals surface area contributed by atoms with Gasteiger partial charge in [0, 0.05) is 18.2 Å². The summed E-state index contributed by atoms with van der Waals surface area (Å²) in [6, 6.07) is 8.74. The van der Waals surface area contributed by atoms with E-state index in [1.54, 1.807) is 0 Å². The fraction of sp³-hybridized carbons (Fsp3) is 0.455. The fourth-order valence-electron chi connectivity index (χ4n) is 1.77. The summed E-state index contributed by atoms with van der Waals surface area (Å²) in [5.41, 5.74) is 1.29. The van der Waals surface area contributed by atoms with Crippen LogP contribution in [0, 0.1) is 0 Å². The second kappa shape index (κ2) is 3.79. The van der Waals surface area contributed by atoms with Crippen LogP contribution in [-0.2, 0) is 0 Å². The van der Waals surface area contributed by atoms with Gasteiger partial charge in [-0.15, -0.1) is 0 Å². The molecule has 0 bridgehead atoms. The molecule has 1 unspecified atom stereocenters. The molecule has 0 amide bonds. The average Bonchev–Trinajstić information content (AvgIpc) is 2.39. The summed E-state index contributed by atoms with van der Waals surface area (Å²) in [6.45, 7) is 3.90. The first kappa shape index (κ1) is 8.57. The molecule has 13 heavy (non-hydrogen) atoms. The van der Waals surface area contributed by atoms with Crippen LogP contribution in [0.4, 0.5) is 0 Å². The Balaban J connectivity index is 2.35. The summed E-state index contributed by atoms with van der Waals surface area (Å²) < 4.78 is 5.62. The van der Waals surface area contributed by atoms with Crippen molar-refractivity contribution in [2.75, 3.05) is 13.2 Å². The summed E-state index contributed by atoms with van der Waals surface area (Å²) in [4.78, 5) is 0. The van der Waals surface area contributed by atoms with Crippen LogP contribution in [-0.4, -0.2) is 13.2 Å². The van der Waals surface area contributed by atoms with Gasteiger partial charge in [0.2, 0.25) is 0 Å². The Morgan fingerprint density at radius 1 is 1.46 bits per heavy atom. The molecule has 1 heterocycles. The molecule has 0 aliphatic carbocycles. The first-order valence-corrected chi connectivity index (χ1v) is 4.87. The molecule has 1 aliphatic rings. The first-order chi connectivity index (χ1) is 6.42. The number of hydrogen-bond acceptors (Lipinski definition) is 2. The van der Waals surface area contributed by atoms with Crippen molar-refractivity contribution in [3.05, 3.63) is 29.8 Å². The van der Waals surface area contributed by atoms with Crippen molar-refractivity contribution >= 4 is 0 Å². The second-order valence-electron chi connectivity index (χ2n) is 3.30. The van der Waals surface area contributed by atoms with Crippen molar-refractivity contribution in [1.82, 2.24) is 5.32 Å². The van der Waals surface area contributed by atoms with Crippen LogP contribution in [0.25, 0.3) is 0 Å². The van der Waals surface area contributed by atoms with Gasteiger partial charge < -0.3 is 10.1 Å². The highest BCUT2D eigenvalue weighted by molar-refractivity contribution is 5.36. The third kappa shape index (κ3) is 1.68. The van der Waals surface area contributed by atoms with E-state index < -0.39 is 0 Å². The first-order valence-electron chi connectivity index (χ1n) is 4.87. The van der Waals surface area contributed by atoms with Crippen LogP contribution >= 0.6 is 0 Å². The monoisotopic (exact) mass is 177 g/mol. The lowest BCUT2D eigenvalue weighted by Gasteiger charge is -2.14. The van der Waals surface area contributed by atoms with E-state index in [1.807, 2.05) is 12.1 Å². The molecule has 2 rings (SSSR count). The lowest BCUT2D eigenvalue weighted by Crippen LogP contribution is -2.22. The molecule has 2 nitrogen and oxygen atoms in total. The molecular weight excluding hydrogens is 162 g/mol. The number of nitrogens with one attached hydrogen (secondary N) is 1. The molecular formula is C11H15NO. The molecule has 70 valence electrons. The van der Waals surface area contributed by atoms with Crippen molar-refractivity contribution in [3.63, 3.8) is 0 Å². The predicted molar refractivity (Wildman–Crippen MR) is 53.0 cm³/mol. The molecule has 0 spiro atoms. The Morgan fingerprint density at radius 2 is 2.31 bits per heavy atom. The molecule has 0 aromatic heterocycles. The van der Waals surface area contributed by atoms with Crippen LogP contribution in [0.5, 0.6) is 5.75 Å². The minimum atomic E-state index is 0.457. The molecule has 1 aromatic carbocycles. The van der Waals surface area contributed by atoms with Gasteiger partial charge in [-0.2, -0.15) is 0 Å². The van der Waals surface area contributed by atoms with Crippen LogP contribution < -0.4 is 10.1 Å². The van der Waals surface area contributed by atoms with Gasteiger partial charge in [0.15, 0.2) is 0 Å². The molecule has 0 saturated carbocycles. The maximum absolute atomic E-state index is 5.62. The number of hydrogen-bond donors (Lipinski definition) is 1. The van der Waals surface area contributed by atoms with Crippen LogP contribution in [0.3, 0.4) is 0 Å². The zero-order valence-corrected chi connectivity index (χ0v) is 7.92. The minimum absolute atomic E-state index is 0.457. The van der Waals surface area contributed by atoms with Gasteiger partial charge in [-0.3, -0.25) is 0 Å². The van der Waals surface area contributed by atoms with Crippen LogP contribution in [0.1, 0.15) is 24.9 Å². The molecule has 0 saturated heterocycles. The Hall–Kier alpha value is -1.02. The van der Waals surface area contributed by atoms with Gasteiger partial charge in [-0.25, -0.2) is 0 Å². The molecule has 1 aliphatic heterocycles. The summed E-state index contributed by atoms with van der Waals surface area (Å²) in [5.74, 6) is 1.04. The van der Waals surface area contributed by atoms with Gasteiger partial charge in [0.1, 0.15) is 12.4 Å². The number of fused-ring (bicyclic) bond motifs is 1. The van der Waals surface area contributed by atoms with Gasteiger partial charge in [-0.1, -0.05) is 25.1 Å². The summed E-state index contributed by atoms with van der Waals surface area (Å²) >= 11 is 0. The Morgan fingerprint density at radius 3 is 3.15 bits per heavy atom. The highest BCUT2D eigenvalue weighted by Crippen LogP contribution is 2.28. The van der Waals surface area contributed by atoms with Gasteiger partial charge in [-0.05, 0) is 12.5 Å². The smallest absolute Gasteiger partial charge is 0.124 e. The Bertz CT molecular complexity index is 285. The number of para-hydroxylation sites is 1. The quantitative estimate of drug-likeness (QED) is 0.709. The topological polar surface area (TPSA) is 21.3 Å². The normalized spacial score (nSPS) is 21.5. The van der Waals surface area contributed by atoms with E-state index in [-0.39, 0.29) is 0 Å². The number of rotatable bonds is 1. The highest BCUT2D eigenvalue weighted by atomic mass is 16.5. The lowest BCUT2D eigenvalue weighted by atomic mass is 10.0. The molecule has 1 aromatic rings. The standard InChI is InChI=1S/C11H15NO/c1-2-10-9-5-3-4-6-11(9)13-8-7-12-10/h3-6,10,12H,2,7-8H2,1H3. The van der Waals surface area contributed by atoms with E-state index in [0.29, 0.717) is 6.04 Å². The van der Waals surface area contributed by atoms with E-state index in [1.165, 1.54) is 5.56 Å². The van der Waals surface area contributed by atoms with Gasteiger partial charge >= 0.3 is 0 Å². The number of benzene rings is 1. The van der Waals surface area contributed by atoms with Gasteiger partial charge in [0.25, 0.3) is 0 Å². The Kier molecular flexibility index (Phi) is 2.50. The van der Waals surface area contributed by atoms with Crippen molar-refractivity contribution in [2.45, 2.75) is 19.4 Å². The predicted octanol–water partition coefficient (Wildman–Crippen LogP) is 2.12. The second-order valence-corrected chi connectivity index (χ2v) is 3.30. The van der Waals surface area contributed by atoms with Crippen LogP contribution in [0.15, 0.2) is 24.3 Å². The van der Waals surface area contributed by atoms with E-state index in [4.69, 9.17) is 4.74 Å². The molecule has 1 N–H and O–H groups in total. The van der Waals surface area contributed by atoms with Crippen molar-refractivity contribution in [1.29, 1.82) is 0 Å². The molecule has 0 radical (unpaired) electrons. The van der Waals surface area contributed by atoms with E-state index in [9.17, 15) is 0 Å². The molecule has 1 atom stereocenters. The maximum atomic E-state index is 5.62. The zero-order valence-electron chi connectivity index (χ0n) is 7.92. The van der Waals surface area contributed by atoms with Crippen LogP contribution in [0.2, 0.25) is 0 Å². The molecule has 0 fully saturated rings. The highest BCUT2D eigenvalue weighted by Gasteiger charge is 2.16. The minimum Gasteiger partial charge on any atom is -0.492 e.